The van der Waals surface area contributed by atoms with Gasteiger partial charge in [0.25, 0.3) is 5.91 Å². The van der Waals surface area contributed by atoms with Crippen LogP contribution >= 0.6 is 35.0 Å². The van der Waals surface area contributed by atoms with Crippen molar-refractivity contribution >= 4 is 46.0 Å². The van der Waals surface area contributed by atoms with E-state index >= 15 is 0 Å². The third-order valence-electron chi connectivity index (χ3n) is 6.72. The summed E-state index contributed by atoms with van der Waals surface area (Å²) in [5, 5.41) is 12.3. The average molecular weight is 516 g/mol. The van der Waals surface area contributed by atoms with Gasteiger partial charge >= 0.3 is 0 Å². The van der Waals surface area contributed by atoms with Gasteiger partial charge in [-0.2, -0.15) is 0 Å². The van der Waals surface area contributed by atoms with E-state index in [9.17, 15) is 9.90 Å². The maximum absolute atomic E-state index is 13.4. The number of carbonyl (C=O) groups is 1. The minimum absolute atomic E-state index is 0.0413. The van der Waals surface area contributed by atoms with Crippen molar-refractivity contribution in [2.45, 2.75) is 44.9 Å². The molecule has 0 saturated carbocycles. The molecule has 3 aliphatic heterocycles. The number of aliphatic hydroxyl groups is 1. The second-order valence-corrected chi connectivity index (χ2v) is 11.9. The number of thioether (sulfide) groups is 1. The van der Waals surface area contributed by atoms with Gasteiger partial charge in [-0.25, -0.2) is 4.99 Å². The van der Waals surface area contributed by atoms with Gasteiger partial charge in [-0.3, -0.25) is 4.79 Å². The number of allylic oxidation sites excluding steroid dienone is 1. The van der Waals surface area contributed by atoms with Crippen LogP contribution in [0.25, 0.3) is 0 Å². The van der Waals surface area contributed by atoms with Gasteiger partial charge in [-0.15, -0.1) is 0 Å². The lowest BCUT2D eigenvalue weighted by atomic mass is 9.81. The van der Waals surface area contributed by atoms with Gasteiger partial charge < -0.3 is 14.9 Å². The van der Waals surface area contributed by atoms with Crippen LogP contribution in [0.15, 0.2) is 64.1 Å². The summed E-state index contributed by atoms with van der Waals surface area (Å²) in [6.45, 7) is 8.79. The predicted molar refractivity (Wildman–Crippen MR) is 139 cm³/mol. The second kappa shape index (κ2) is 8.30. The lowest BCUT2D eigenvalue weighted by Gasteiger charge is -2.44. The number of halogens is 2. The molecular formula is C26H27Cl2N3O2S. The molecule has 1 amide bonds. The Morgan fingerprint density at radius 1 is 1.06 bits per heavy atom. The Labute approximate surface area is 214 Å². The molecule has 5 rings (SSSR count). The lowest BCUT2D eigenvalue weighted by Crippen LogP contribution is -2.61. The number of carbonyl (C=O) groups excluding carboxylic acids is 1. The highest BCUT2D eigenvalue weighted by molar-refractivity contribution is 8.18. The molecule has 178 valence electrons. The van der Waals surface area contributed by atoms with Crippen LogP contribution in [0.3, 0.4) is 0 Å². The topological polar surface area (TPSA) is 56.1 Å². The highest BCUT2D eigenvalue weighted by atomic mass is 35.5. The fourth-order valence-corrected chi connectivity index (χ4v) is 6.75. The standard InChI is InChI=1S/C26H27Cl2N3O2S/c1-15(2)20-21(23(32)30-13-25(3,33)14-30)34-24-29-26(4,17-7-11-19(28)12-8-17)22(31(20)24)16-5-9-18(27)10-6-16/h5-12,15,22,33H,13-14H2,1-4H3/t22-,26+/m1/s1. The zero-order valence-electron chi connectivity index (χ0n) is 19.5. The van der Waals surface area contributed by atoms with Gasteiger partial charge in [0.1, 0.15) is 10.4 Å². The Morgan fingerprint density at radius 2 is 1.62 bits per heavy atom. The predicted octanol–water partition coefficient (Wildman–Crippen LogP) is 5.83. The molecule has 1 saturated heterocycles. The van der Waals surface area contributed by atoms with E-state index in [-0.39, 0.29) is 17.9 Å². The first-order valence-electron chi connectivity index (χ1n) is 11.3. The van der Waals surface area contributed by atoms with Crippen LogP contribution in [0.4, 0.5) is 0 Å². The number of nitrogens with zero attached hydrogens (tertiary/aromatic N) is 3. The quantitative estimate of drug-likeness (QED) is 0.556. The summed E-state index contributed by atoms with van der Waals surface area (Å²) in [4.78, 5) is 23.3. The van der Waals surface area contributed by atoms with Gasteiger partial charge in [0.15, 0.2) is 5.17 Å². The molecule has 0 unspecified atom stereocenters. The number of amidine groups is 1. The molecule has 1 N–H and O–H groups in total. The number of β-amino-alcohol motifs (C(OH)–C–C–N with tert-alkyl or cyclic N) is 1. The van der Waals surface area contributed by atoms with Crippen molar-refractivity contribution in [3.05, 3.63) is 80.3 Å². The fraction of sp³-hybridized carbons (Fsp3) is 0.385. The molecule has 0 aromatic heterocycles. The Kier molecular flexibility index (Phi) is 5.79. The molecule has 1 fully saturated rings. The number of hydrogen-bond donors (Lipinski definition) is 1. The Balaban J connectivity index is 1.62. The summed E-state index contributed by atoms with van der Waals surface area (Å²) in [6, 6.07) is 15.5. The number of rotatable bonds is 4. The maximum atomic E-state index is 13.4. The Hall–Kier alpha value is -1.99. The van der Waals surface area contributed by atoms with Crippen LogP contribution in [0.2, 0.25) is 10.0 Å². The summed E-state index contributed by atoms with van der Waals surface area (Å²) in [6.07, 6.45) is 0. The number of fused-ring (bicyclic) bond motifs is 1. The lowest BCUT2D eigenvalue weighted by molar-refractivity contribution is -0.147. The zero-order valence-corrected chi connectivity index (χ0v) is 21.9. The summed E-state index contributed by atoms with van der Waals surface area (Å²) >= 11 is 13.8. The average Bonchev–Trinajstić information content (AvgIpc) is 3.25. The van der Waals surface area contributed by atoms with E-state index in [4.69, 9.17) is 28.2 Å². The highest BCUT2D eigenvalue weighted by Gasteiger charge is 2.54. The molecule has 2 aromatic rings. The summed E-state index contributed by atoms with van der Waals surface area (Å²) in [5.74, 6) is 0.0590. The van der Waals surface area contributed by atoms with Crippen molar-refractivity contribution in [2.75, 3.05) is 13.1 Å². The number of amides is 1. The van der Waals surface area contributed by atoms with Crippen molar-refractivity contribution in [1.82, 2.24) is 9.80 Å². The van der Waals surface area contributed by atoms with Gasteiger partial charge in [0.05, 0.1) is 24.7 Å². The van der Waals surface area contributed by atoms with Crippen LogP contribution in [0, 0.1) is 5.92 Å². The summed E-state index contributed by atoms with van der Waals surface area (Å²) < 4.78 is 0. The smallest absolute Gasteiger partial charge is 0.262 e. The first kappa shape index (κ1) is 23.7. The van der Waals surface area contributed by atoms with Crippen LogP contribution < -0.4 is 0 Å². The van der Waals surface area contributed by atoms with Crippen LogP contribution in [-0.4, -0.2) is 44.7 Å². The normalized spacial score (nSPS) is 25.5. The van der Waals surface area contributed by atoms with Crippen molar-refractivity contribution in [3.63, 3.8) is 0 Å². The molecule has 3 aliphatic rings. The highest BCUT2D eigenvalue weighted by Crippen LogP contribution is 2.56. The summed E-state index contributed by atoms with van der Waals surface area (Å²) in [5.41, 5.74) is 1.69. The summed E-state index contributed by atoms with van der Waals surface area (Å²) in [7, 11) is 0. The van der Waals surface area contributed by atoms with Crippen LogP contribution in [-0.2, 0) is 10.3 Å². The van der Waals surface area contributed by atoms with Crippen molar-refractivity contribution in [2.24, 2.45) is 10.9 Å². The largest absolute Gasteiger partial charge is 0.386 e. The van der Waals surface area contributed by atoms with Crippen LogP contribution in [0.5, 0.6) is 0 Å². The van der Waals surface area contributed by atoms with Crippen molar-refractivity contribution in [3.8, 4) is 0 Å². The molecule has 0 bridgehead atoms. The fourth-order valence-electron chi connectivity index (χ4n) is 5.13. The molecule has 3 heterocycles. The van der Waals surface area contributed by atoms with Gasteiger partial charge in [0.2, 0.25) is 0 Å². The first-order chi connectivity index (χ1) is 16.0. The van der Waals surface area contributed by atoms with Gasteiger partial charge in [0, 0.05) is 15.7 Å². The number of likely N-dealkylation sites (tertiary alicyclic amines) is 1. The Morgan fingerprint density at radius 3 is 2.15 bits per heavy atom. The van der Waals surface area contributed by atoms with Gasteiger partial charge in [-0.1, -0.05) is 61.3 Å². The number of hydrogen-bond acceptors (Lipinski definition) is 5. The second-order valence-electron chi connectivity index (χ2n) is 10.0. The molecule has 2 aromatic carbocycles. The molecular weight excluding hydrogens is 489 g/mol. The maximum Gasteiger partial charge on any atom is 0.262 e. The molecule has 0 radical (unpaired) electrons. The zero-order chi connectivity index (χ0) is 24.4. The monoisotopic (exact) mass is 515 g/mol. The number of aliphatic imine (C=N–C) groups is 1. The molecule has 34 heavy (non-hydrogen) atoms. The van der Waals surface area contributed by atoms with E-state index in [0.29, 0.717) is 28.0 Å². The van der Waals surface area contributed by atoms with Gasteiger partial charge in [-0.05, 0) is 66.9 Å². The molecule has 0 aliphatic carbocycles. The molecule has 0 spiro atoms. The van der Waals surface area contributed by atoms with E-state index in [1.807, 2.05) is 48.5 Å². The van der Waals surface area contributed by atoms with Crippen molar-refractivity contribution < 1.29 is 9.90 Å². The third kappa shape index (κ3) is 3.85. The SMILES string of the molecule is CC(C)C1=C(C(=O)N2CC(C)(O)C2)SC2=N[C@@](C)(c3ccc(Cl)cc3)[C@@H](c3ccc(Cl)cc3)N21. The molecule has 5 nitrogen and oxygen atoms in total. The van der Waals surface area contributed by atoms with Crippen molar-refractivity contribution in [1.29, 1.82) is 0 Å². The number of benzene rings is 2. The van der Waals surface area contributed by atoms with E-state index in [2.05, 4.69) is 25.7 Å². The third-order valence-corrected chi connectivity index (χ3v) is 8.28. The van der Waals surface area contributed by atoms with E-state index in [1.165, 1.54) is 11.8 Å². The first-order valence-corrected chi connectivity index (χ1v) is 12.9. The van der Waals surface area contributed by atoms with E-state index in [1.54, 1.807) is 11.8 Å². The minimum atomic E-state index is -0.815. The molecule has 8 heteroatoms. The van der Waals surface area contributed by atoms with E-state index < -0.39 is 11.1 Å². The van der Waals surface area contributed by atoms with E-state index in [0.717, 1.165) is 22.0 Å². The minimum Gasteiger partial charge on any atom is -0.386 e. The Bertz CT molecular complexity index is 1200. The van der Waals surface area contributed by atoms with Crippen LogP contribution in [0.1, 0.15) is 44.9 Å². The molecule has 2 atom stereocenters.